The fourth-order valence-corrected chi connectivity index (χ4v) is 4.08. The number of fused-ring (bicyclic) bond motifs is 1. The van der Waals surface area contributed by atoms with E-state index in [9.17, 15) is 8.42 Å². The van der Waals surface area contributed by atoms with Gasteiger partial charge in [0.1, 0.15) is 19.0 Å². The Morgan fingerprint density at radius 3 is 2.53 bits per heavy atom. The summed E-state index contributed by atoms with van der Waals surface area (Å²) in [6.45, 7) is 3.24. The van der Waals surface area contributed by atoms with E-state index in [1.807, 2.05) is 31.2 Å². The minimum absolute atomic E-state index is 0.0686. The highest BCUT2D eigenvalue weighted by atomic mass is 32.2. The van der Waals surface area contributed by atoms with Crippen LogP contribution < -0.4 is 14.2 Å². The van der Waals surface area contributed by atoms with Gasteiger partial charge in [-0.2, -0.15) is 9.29 Å². The molecule has 30 heavy (non-hydrogen) atoms. The zero-order valence-electron chi connectivity index (χ0n) is 16.6. The van der Waals surface area contributed by atoms with Crippen molar-refractivity contribution >= 4 is 10.0 Å². The Morgan fingerprint density at radius 2 is 1.80 bits per heavy atom. The first-order valence-electron chi connectivity index (χ1n) is 9.39. The van der Waals surface area contributed by atoms with Crippen LogP contribution in [-0.4, -0.2) is 49.7 Å². The van der Waals surface area contributed by atoms with E-state index in [0.29, 0.717) is 37.1 Å². The summed E-state index contributed by atoms with van der Waals surface area (Å²) >= 11 is 0. The maximum absolute atomic E-state index is 12.9. The molecular weight excluding hydrogens is 410 g/mol. The van der Waals surface area contributed by atoms with Crippen molar-refractivity contribution in [3.63, 3.8) is 0 Å². The fourth-order valence-electron chi connectivity index (χ4n) is 2.94. The molecule has 0 spiro atoms. The van der Waals surface area contributed by atoms with Gasteiger partial charge >= 0.3 is 0 Å². The molecule has 0 aliphatic carbocycles. The predicted octanol–water partition coefficient (Wildman–Crippen LogP) is 2.73. The predicted molar refractivity (Wildman–Crippen MR) is 107 cm³/mol. The third kappa shape index (κ3) is 4.10. The summed E-state index contributed by atoms with van der Waals surface area (Å²) in [5.74, 6) is 2.24. The van der Waals surface area contributed by atoms with Crippen LogP contribution in [0.3, 0.4) is 0 Å². The summed E-state index contributed by atoms with van der Waals surface area (Å²) in [7, 11) is -2.33. The summed E-state index contributed by atoms with van der Waals surface area (Å²) in [5.41, 5.74) is 0.741. The first-order chi connectivity index (χ1) is 14.5. The molecule has 0 bridgehead atoms. The number of aromatic nitrogens is 2. The van der Waals surface area contributed by atoms with Crippen LogP contribution in [0.25, 0.3) is 11.4 Å². The van der Waals surface area contributed by atoms with Crippen molar-refractivity contribution in [1.82, 2.24) is 14.4 Å². The van der Waals surface area contributed by atoms with Gasteiger partial charge in [-0.15, -0.1) is 0 Å². The van der Waals surface area contributed by atoms with E-state index in [-0.39, 0.29) is 17.3 Å². The average Bonchev–Trinajstić information content (AvgIpc) is 3.22. The molecule has 1 aliphatic rings. The number of hydrogen-bond donors (Lipinski definition) is 0. The molecular formula is C20H21N3O6S. The highest BCUT2D eigenvalue weighted by Crippen LogP contribution is 2.33. The van der Waals surface area contributed by atoms with Crippen molar-refractivity contribution < 1.29 is 27.2 Å². The molecule has 0 radical (unpaired) electrons. The summed E-state index contributed by atoms with van der Waals surface area (Å²) in [4.78, 5) is 4.40. The largest absolute Gasteiger partial charge is 0.494 e. The van der Waals surface area contributed by atoms with Crippen LogP contribution >= 0.6 is 0 Å². The first-order valence-corrected chi connectivity index (χ1v) is 10.8. The summed E-state index contributed by atoms with van der Waals surface area (Å²) in [5, 5.41) is 3.94. The lowest BCUT2D eigenvalue weighted by Crippen LogP contribution is -2.27. The van der Waals surface area contributed by atoms with Crippen molar-refractivity contribution in [2.75, 3.05) is 26.9 Å². The van der Waals surface area contributed by atoms with E-state index in [1.165, 1.54) is 19.2 Å². The Kier molecular flexibility index (Phi) is 5.60. The zero-order valence-corrected chi connectivity index (χ0v) is 17.4. The molecule has 0 N–H and O–H groups in total. The van der Waals surface area contributed by atoms with Crippen LogP contribution in [-0.2, 0) is 16.6 Å². The van der Waals surface area contributed by atoms with Crippen molar-refractivity contribution in [1.29, 1.82) is 0 Å². The smallest absolute Gasteiger partial charge is 0.243 e. The SMILES string of the molecule is CCOc1ccc(-c2noc(CN(C)S(=O)(=O)c3ccc4c(c3)OCCO4)n2)cc1. The minimum atomic E-state index is -3.78. The van der Waals surface area contributed by atoms with E-state index in [4.69, 9.17) is 18.7 Å². The third-order valence-corrected chi connectivity index (χ3v) is 6.27. The topological polar surface area (TPSA) is 104 Å². The van der Waals surface area contributed by atoms with Crippen LogP contribution in [0, 0.1) is 0 Å². The van der Waals surface area contributed by atoms with Gasteiger partial charge in [-0.05, 0) is 43.3 Å². The summed E-state index contributed by atoms with van der Waals surface area (Å²) in [6, 6.07) is 11.8. The first kappa shape index (κ1) is 20.2. The molecule has 0 fully saturated rings. The molecule has 0 atom stereocenters. The molecule has 4 rings (SSSR count). The number of sulfonamides is 1. The van der Waals surface area contributed by atoms with Crippen LogP contribution in [0.2, 0.25) is 0 Å². The summed E-state index contributed by atoms with van der Waals surface area (Å²) in [6.07, 6.45) is 0. The van der Waals surface area contributed by atoms with Crippen LogP contribution in [0.1, 0.15) is 12.8 Å². The van der Waals surface area contributed by atoms with Gasteiger partial charge < -0.3 is 18.7 Å². The monoisotopic (exact) mass is 431 g/mol. The Morgan fingerprint density at radius 1 is 1.07 bits per heavy atom. The highest BCUT2D eigenvalue weighted by molar-refractivity contribution is 7.89. The second-order valence-corrected chi connectivity index (χ2v) is 8.58. The van der Waals surface area contributed by atoms with Crippen molar-refractivity contribution in [3.05, 3.63) is 48.4 Å². The molecule has 1 aromatic heterocycles. The number of rotatable bonds is 7. The number of benzene rings is 2. The molecule has 2 heterocycles. The Hall–Kier alpha value is -3.11. The Labute approximate surface area is 174 Å². The van der Waals surface area contributed by atoms with E-state index in [2.05, 4.69) is 10.1 Å². The van der Waals surface area contributed by atoms with Crippen LogP contribution in [0.4, 0.5) is 0 Å². The zero-order chi connectivity index (χ0) is 21.1. The van der Waals surface area contributed by atoms with E-state index < -0.39 is 10.0 Å². The van der Waals surface area contributed by atoms with E-state index in [1.54, 1.807) is 6.07 Å². The number of ether oxygens (including phenoxy) is 3. The maximum atomic E-state index is 12.9. The molecule has 10 heteroatoms. The Bertz CT molecular complexity index is 1130. The lowest BCUT2D eigenvalue weighted by molar-refractivity contribution is 0.171. The molecule has 2 aromatic carbocycles. The number of hydrogen-bond acceptors (Lipinski definition) is 8. The molecule has 3 aromatic rings. The normalized spacial score (nSPS) is 13.4. The van der Waals surface area contributed by atoms with Gasteiger partial charge in [0.2, 0.25) is 21.7 Å². The second kappa shape index (κ2) is 8.33. The van der Waals surface area contributed by atoms with Crippen molar-refractivity contribution in [3.8, 4) is 28.6 Å². The van der Waals surface area contributed by atoms with Crippen LogP contribution in [0.5, 0.6) is 17.2 Å². The molecule has 0 saturated carbocycles. The van der Waals surface area contributed by atoms with Gasteiger partial charge in [0.05, 0.1) is 18.0 Å². The molecule has 0 saturated heterocycles. The van der Waals surface area contributed by atoms with Crippen molar-refractivity contribution in [2.45, 2.75) is 18.4 Å². The van der Waals surface area contributed by atoms with Gasteiger partial charge in [-0.25, -0.2) is 8.42 Å². The third-order valence-electron chi connectivity index (χ3n) is 4.47. The van der Waals surface area contributed by atoms with Gasteiger partial charge in [-0.1, -0.05) is 5.16 Å². The minimum Gasteiger partial charge on any atom is -0.494 e. The lowest BCUT2D eigenvalue weighted by Gasteiger charge is -2.20. The molecule has 1 aliphatic heterocycles. The van der Waals surface area contributed by atoms with Gasteiger partial charge in [0.15, 0.2) is 11.5 Å². The Balaban J connectivity index is 1.49. The number of nitrogens with zero attached hydrogens (tertiary/aromatic N) is 3. The maximum Gasteiger partial charge on any atom is 0.243 e. The molecule has 0 amide bonds. The van der Waals surface area contributed by atoms with Crippen LogP contribution in [0.15, 0.2) is 51.9 Å². The highest BCUT2D eigenvalue weighted by Gasteiger charge is 2.25. The van der Waals surface area contributed by atoms with Gasteiger partial charge in [0.25, 0.3) is 0 Å². The average molecular weight is 431 g/mol. The quantitative estimate of drug-likeness (QED) is 0.562. The molecule has 9 nitrogen and oxygen atoms in total. The standard InChI is InChI=1S/C20H21N3O6S/c1-3-26-15-6-4-14(5-7-15)20-21-19(29-22-20)13-23(2)30(24,25)16-8-9-17-18(12-16)28-11-10-27-17/h4-9,12H,3,10-11,13H2,1-2H3. The molecule has 0 unspecified atom stereocenters. The molecule has 158 valence electrons. The van der Waals surface area contributed by atoms with E-state index in [0.717, 1.165) is 15.6 Å². The fraction of sp³-hybridized carbons (Fsp3) is 0.300. The van der Waals surface area contributed by atoms with Gasteiger partial charge in [0, 0.05) is 18.7 Å². The van der Waals surface area contributed by atoms with Gasteiger partial charge in [-0.3, -0.25) is 0 Å². The lowest BCUT2D eigenvalue weighted by atomic mass is 10.2. The van der Waals surface area contributed by atoms with E-state index >= 15 is 0 Å². The van der Waals surface area contributed by atoms with Crippen molar-refractivity contribution in [2.24, 2.45) is 0 Å². The summed E-state index contributed by atoms with van der Waals surface area (Å²) < 4.78 is 48.6. The second-order valence-electron chi connectivity index (χ2n) is 6.54.